The fourth-order valence-corrected chi connectivity index (χ4v) is 3.74. The smallest absolute Gasteiger partial charge is 0.265 e. The van der Waals surface area contributed by atoms with Gasteiger partial charge in [-0.2, -0.15) is 0 Å². The Morgan fingerprint density at radius 1 is 1.23 bits per heavy atom. The van der Waals surface area contributed by atoms with Gasteiger partial charge < -0.3 is 19.9 Å². The van der Waals surface area contributed by atoms with Crippen LogP contribution in [-0.2, 0) is 9.59 Å². The molecule has 1 aromatic rings. The van der Waals surface area contributed by atoms with E-state index in [1.165, 1.54) is 6.92 Å². The normalized spacial score (nSPS) is 14.3. The van der Waals surface area contributed by atoms with Gasteiger partial charge in [0.05, 0.1) is 25.3 Å². The van der Waals surface area contributed by atoms with Gasteiger partial charge in [0.15, 0.2) is 12.4 Å². The van der Waals surface area contributed by atoms with Crippen molar-refractivity contribution in [1.82, 2.24) is 5.32 Å². The van der Waals surface area contributed by atoms with E-state index in [0.717, 1.165) is 32.5 Å². The predicted octanol–water partition coefficient (Wildman–Crippen LogP) is 1.60. The minimum absolute atomic E-state index is 0.0103. The van der Waals surface area contributed by atoms with Crippen molar-refractivity contribution in [3.8, 4) is 5.75 Å². The van der Waals surface area contributed by atoms with Crippen LogP contribution in [0.4, 0.5) is 5.69 Å². The lowest BCUT2D eigenvalue weighted by molar-refractivity contribution is -0.896. The van der Waals surface area contributed by atoms with E-state index in [0.29, 0.717) is 36.4 Å². The zero-order chi connectivity index (χ0) is 22.1. The molecule has 1 aliphatic heterocycles. The number of carbonyl (C=O) groups is 3. The highest BCUT2D eigenvalue weighted by Gasteiger charge is 2.26. The number of anilines is 1. The van der Waals surface area contributed by atoms with Gasteiger partial charge in [-0.05, 0) is 65.2 Å². The van der Waals surface area contributed by atoms with Crippen LogP contribution in [0.1, 0.15) is 63.7 Å². The van der Waals surface area contributed by atoms with E-state index >= 15 is 0 Å². The minimum Gasteiger partial charge on any atom is -0.482 e. The van der Waals surface area contributed by atoms with Gasteiger partial charge in [-0.3, -0.25) is 14.4 Å². The predicted molar refractivity (Wildman–Crippen MR) is 117 cm³/mol. The molecule has 0 unspecified atom stereocenters. The molecule has 0 bridgehead atoms. The Hall–Kier alpha value is -2.41. The van der Waals surface area contributed by atoms with E-state index < -0.39 is 0 Å². The third-order valence-corrected chi connectivity index (χ3v) is 5.67. The molecule has 7 heteroatoms. The van der Waals surface area contributed by atoms with Gasteiger partial charge in [-0.25, -0.2) is 0 Å². The third-order valence-electron chi connectivity index (χ3n) is 5.67. The number of rotatable bonds is 12. The highest BCUT2D eigenvalue weighted by atomic mass is 16.5. The van der Waals surface area contributed by atoms with Gasteiger partial charge >= 0.3 is 0 Å². The van der Waals surface area contributed by atoms with Gasteiger partial charge in [-0.1, -0.05) is 0 Å². The monoisotopic (exact) mass is 418 g/mol. The molecule has 166 valence electrons. The molecule has 1 atom stereocenters. The number of quaternary nitrogens is 1. The first-order chi connectivity index (χ1) is 14.3. The van der Waals surface area contributed by atoms with Crippen molar-refractivity contribution in [2.24, 2.45) is 0 Å². The van der Waals surface area contributed by atoms with Crippen molar-refractivity contribution in [3.05, 3.63) is 23.8 Å². The van der Waals surface area contributed by atoms with Crippen LogP contribution in [0.3, 0.4) is 0 Å². The van der Waals surface area contributed by atoms with Crippen LogP contribution in [0.5, 0.6) is 5.75 Å². The Kier molecular flexibility index (Phi) is 9.30. The Balaban J connectivity index is 1.81. The third kappa shape index (κ3) is 6.83. The summed E-state index contributed by atoms with van der Waals surface area (Å²) in [6.07, 6.45) is 2.98. The lowest BCUT2D eigenvalue weighted by atomic mass is 10.1. The summed E-state index contributed by atoms with van der Waals surface area (Å²) in [6, 6.07) is 5.26. The van der Waals surface area contributed by atoms with E-state index in [1.54, 1.807) is 28.0 Å². The Morgan fingerprint density at radius 2 is 1.97 bits per heavy atom. The summed E-state index contributed by atoms with van der Waals surface area (Å²) < 4.78 is 5.47. The van der Waals surface area contributed by atoms with Crippen molar-refractivity contribution in [2.45, 2.75) is 59.4 Å². The summed E-state index contributed by atoms with van der Waals surface area (Å²) in [5, 5.41) is 3.06. The number of nitrogens with zero attached hydrogens (tertiary/aromatic N) is 1. The fraction of sp³-hybridized carbons (Fsp3) is 0.609. The molecule has 1 heterocycles. The average Bonchev–Trinajstić information content (AvgIpc) is 2.72. The maximum atomic E-state index is 12.3. The van der Waals surface area contributed by atoms with E-state index in [1.807, 2.05) is 6.92 Å². The highest BCUT2D eigenvalue weighted by molar-refractivity contribution is 6.01. The van der Waals surface area contributed by atoms with Crippen molar-refractivity contribution in [2.75, 3.05) is 37.7 Å². The summed E-state index contributed by atoms with van der Waals surface area (Å²) in [6.45, 7) is 11.7. The molecule has 0 aliphatic carbocycles. The molecule has 2 N–H and O–H groups in total. The summed E-state index contributed by atoms with van der Waals surface area (Å²) in [5.41, 5.74) is 1.14. The molecular weight excluding hydrogens is 382 g/mol. The van der Waals surface area contributed by atoms with E-state index in [4.69, 9.17) is 4.74 Å². The van der Waals surface area contributed by atoms with Crippen LogP contribution in [0, 0.1) is 0 Å². The molecule has 0 aromatic heterocycles. The summed E-state index contributed by atoms with van der Waals surface area (Å²) >= 11 is 0. The van der Waals surface area contributed by atoms with Crippen LogP contribution < -0.4 is 19.9 Å². The summed E-state index contributed by atoms with van der Waals surface area (Å²) in [5.74, 6) is 0.381. The number of Topliss-reactive ketones (excluding diaryl/α,β-unsaturated/α-hetero) is 1. The molecule has 0 radical (unpaired) electrons. The summed E-state index contributed by atoms with van der Waals surface area (Å²) in [7, 11) is 0. The van der Waals surface area contributed by atoms with Gasteiger partial charge in [0, 0.05) is 24.6 Å². The van der Waals surface area contributed by atoms with Gasteiger partial charge in [0.1, 0.15) is 5.75 Å². The standard InChI is InChI=1S/C23H35N3O4/c1-5-25(6-2)13-7-9-17(3)24-22(28)10-8-14-26-20-15-19(18(4)27)11-12-21(20)30-16-23(26)29/h11-12,15,17H,5-10,13-14,16H2,1-4H3,(H,24,28)/p+1/t17-/m0/s1. The van der Waals surface area contributed by atoms with Crippen molar-refractivity contribution < 1.29 is 24.0 Å². The van der Waals surface area contributed by atoms with Crippen molar-refractivity contribution in [1.29, 1.82) is 0 Å². The molecule has 0 spiro atoms. The first-order valence-corrected chi connectivity index (χ1v) is 11.1. The van der Waals surface area contributed by atoms with E-state index in [9.17, 15) is 14.4 Å². The molecule has 30 heavy (non-hydrogen) atoms. The van der Waals surface area contributed by atoms with Crippen LogP contribution in [0.25, 0.3) is 0 Å². The Bertz CT molecular complexity index is 746. The van der Waals surface area contributed by atoms with Gasteiger partial charge in [0.25, 0.3) is 5.91 Å². The maximum Gasteiger partial charge on any atom is 0.265 e. The second-order valence-electron chi connectivity index (χ2n) is 7.99. The number of benzene rings is 1. The molecule has 2 amide bonds. The number of nitrogens with one attached hydrogen (secondary N) is 2. The molecule has 2 rings (SSSR count). The van der Waals surface area contributed by atoms with Crippen LogP contribution in [-0.4, -0.2) is 56.4 Å². The largest absolute Gasteiger partial charge is 0.482 e. The van der Waals surface area contributed by atoms with Gasteiger partial charge in [0.2, 0.25) is 5.91 Å². The molecule has 1 aliphatic rings. The lowest BCUT2D eigenvalue weighted by Gasteiger charge is -2.29. The van der Waals surface area contributed by atoms with E-state index in [2.05, 4.69) is 19.2 Å². The first-order valence-electron chi connectivity index (χ1n) is 11.1. The molecule has 0 saturated heterocycles. The molecule has 0 saturated carbocycles. The lowest BCUT2D eigenvalue weighted by Crippen LogP contribution is -3.11. The Labute approximate surface area is 179 Å². The second-order valence-corrected chi connectivity index (χ2v) is 7.99. The number of fused-ring (bicyclic) bond motifs is 1. The van der Waals surface area contributed by atoms with Crippen molar-refractivity contribution in [3.63, 3.8) is 0 Å². The zero-order valence-corrected chi connectivity index (χ0v) is 18.8. The summed E-state index contributed by atoms with van der Waals surface area (Å²) in [4.78, 5) is 39.5. The SMILES string of the molecule is CC[NH+](CC)CCC[C@H](C)NC(=O)CCCN1C(=O)COc2ccc(C(C)=O)cc21. The highest BCUT2D eigenvalue weighted by Crippen LogP contribution is 2.33. The van der Waals surface area contributed by atoms with Crippen molar-refractivity contribution >= 4 is 23.3 Å². The number of hydrogen-bond donors (Lipinski definition) is 2. The number of hydrogen-bond acceptors (Lipinski definition) is 4. The molecular formula is C23H36N3O4+. The minimum atomic E-state index is -0.157. The molecule has 7 nitrogen and oxygen atoms in total. The molecule has 1 aromatic carbocycles. The van der Waals surface area contributed by atoms with Crippen LogP contribution in [0.2, 0.25) is 0 Å². The second kappa shape index (κ2) is 11.7. The first kappa shape index (κ1) is 23.9. The quantitative estimate of drug-likeness (QED) is 0.506. The zero-order valence-electron chi connectivity index (χ0n) is 18.8. The van der Waals surface area contributed by atoms with Gasteiger partial charge in [-0.15, -0.1) is 0 Å². The number of ketones is 1. The molecule has 0 fully saturated rings. The average molecular weight is 419 g/mol. The maximum absolute atomic E-state index is 12.3. The number of amides is 2. The topological polar surface area (TPSA) is 80.2 Å². The van der Waals surface area contributed by atoms with Crippen LogP contribution in [0.15, 0.2) is 18.2 Å². The Morgan fingerprint density at radius 3 is 2.63 bits per heavy atom. The fourth-order valence-electron chi connectivity index (χ4n) is 3.74. The van der Waals surface area contributed by atoms with Crippen LogP contribution >= 0.6 is 0 Å². The van der Waals surface area contributed by atoms with E-state index in [-0.39, 0.29) is 30.2 Å². The number of ether oxygens (including phenoxy) is 1. The number of carbonyl (C=O) groups excluding carboxylic acids is 3.